The molecule has 140 valence electrons. The molecule has 1 saturated heterocycles. The Morgan fingerprint density at radius 2 is 2.12 bits per heavy atom. The number of nitrogens with two attached hydrogens (primary N) is 1. The molecule has 7 heteroatoms. The molecule has 0 aromatic heterocycles. The summed E-state index contributed by atoms with van der Waals surface area (Å²) in [5.41, 5.74) is 6.99. The maximum absolute atomic E-state index is 12.8. The molecule has 2 amide bonds. The number of nitrogens with zero attached hydrogens (tertiary/aromatic N) is 1. The molecule has 0 saturated carbocycles. The summed E-state index contributed by atoms with van der Waals surface area (Å²) in [7, 11) is 0. The third-order valence-electron chi connectivity index (χ3n) is 4.41. The van der Waals surface area contributed by atoms with E-state index in [2.05, 4.69) is 11.2 Å². The Bertz CT molecular complexity index is 687. The number of carbonyl (C=O) groups is 2. The van der Waals surface area contributed by atoms with Gasteiger partial charge in [-0.15, -0.1) is 18.2 Å². The molecular weight excluding hydrogens is 350 g/mol. The highest BCUT2D eigenvalue weighted by Gasteiger charge is 2.49. The van der Waals surface area contributed by atoms with Gasteiger partial charge in [0.1, 0.15) is 12.1 Å². The summed E-state index contributed by atoms with van der Waals surface area (Å²) in [4.78, 5) is 26.7. The van der Waals surface area contributed by atoms with E-state index in [4.69, 9.17) is 12.2 Å². The van der Waals surface area contributed by atoms with Crippen molar-refractivity contribution in [3.05, 3.63) is 35.9 Å². The fraction of sp³-hybridized carbons (Fsp3) is 0.474. The van der Waals surface area contributed by atoms with Crippen LogP contribution < -0.4 is 11.1 Å². The number of hydrogen-bond acceptors (Lipinski definition) is 5. The summed E-state index contributed by atoms with van der Waals surface area (Å²) in [6.07, 6.45) is 4.18. The van der Waals surface area contributed by atoms with Gasteiger partial charge in [0.2, 0.25) is 5.91 Å². The van der Waals surface area contributed by atoms with Gasteiger partial charge in [0.15, 0.2) is 0 Å². The molecule has 1 heterocycles. The third-order valence-corrected chi connectivity index (χ3v) is 5.79. The van der Waals surface area contributed by atoms with E-state index >= 15 is 0 Å². The number of aliphatic hydroxyl groups excluding tert-OH is 1. The quantitative estimate of drug-likeness (QED) is 0.624. The van der Waals surface area contributed by atoms with E-state index in [-0.39, 0.29) is 12.5 Å². The lowest BCUT2D eigenvalue weighted by atomic mass is 9.98. The Balaban J connectivity index is 2.10. The van der Waals surface area contributed by atoms with E-state index in [9.17, 15) is 14.7 Å². The van der Waals surface area contributed by atoms with Gasteiger partial charge in [0, 0.05) is 10.8 Å². The van der Waals surface area contributed by atoms with Crippen molar-refractivity contribution in [1.29, 1.82) is 0 Å². The molecule has 0 radical (unpaired) electrons. The summed E-state index contributed by atoms with van der Waals surface area (Å²) in [5, 5.41) is 13.1. The van der Waals surface area contributed by atoms with Gasteiger partial charge in [-0.2, -0.15) is 0 Å². The Hall–Kier alpha value is -2.01. The van der Waals surface area contributed by atoms with E-state index in [0.717, 1.165) is 5.56 Å². The molecule has 0 bridgehead atoms. The Kier molecular flexibility index (Phi) is 6.70. The molecule has 1 aliphatic rings. The lowest BCUT2D eigenvalue weighted by Crippen LogP contribution is -2.57. The zero-order valence-corrected chi connectivity index (χ0v) is 15.8. The average molecular weight is 375 g/mol. The SMILES string of the molecule is C#CCNC(=O)[C@H]1N(C(=O)[C@@H](O)[C@@H](N)Cc2ccccc2)CSC1(C)C. The first-order valence-corrected chi connectivity index (χ1v) is 9.39. The predicted molar refractivity (Wildman–Crippen MR) is 103 cm³/mol. The van der Waals surface area contributed by atoms with Crippen LogP contribution in [0.1, 0.15) is 19.4 Å². The number of hydrogen-bond donors (Lipinski definition) is 3. The van der Waals surface area contributed by atoms with E-state index in [0.29, 0.717) is 12.3 Å². The van der Waals surface area contributed by atoms with Gasteiger partial charge in [0.05, 0.1) is 12.4 Å². The third kappa shape index (κ3) is 4.58. The van der Waals surface area contributed by atoms with E-state index in [1.165, 1.54) is 16.7 Å². The number of rotatable bonds is 6. The van der Waals surface area contributed by atoms with Gasteiger partial charge >= 0.3 is 0 Å². The first kappa shape index (κ1) is 20.3. The zero-order chi connectivity index (χ0) is 19.3. The summed E-state index contributed by atoms with van der Waals surface area (Å²) in [6.45, 7) is 3.87. The minimum absolute atomic E-state index is 0.0915. The minimum atomic E-state index is -1.38. The summed E-state index contributed by atoms with van der Waals surface area (Å²) in [5.74, 6) is 1.81. The van der Waals surface area contributed by atoms with Crippen LogP contribution in [0.2, 0.25) is 0 Å². The number of carbonyl (C=O) groups excluding carboxylic acids is 2. The average Bonchev–Trinajstić information content (AvgIpc) is 2.94. The van der Waals surface area contributed by atoms with Gasteiger partial charge in [-0.3, -0.25) is 9.59 Å². The first-order valence-electron chi connectivity index (χ1n) is 8.41. The van der Waals surface area contributed by atoms with Gasteiger partial charge in [-0.05, 0) is 25.8 Å². The standard InChI is InChI=1S/C19H25N3O3S/c1-4-10-21-17(24)16-19(2,3)26-12-22(16)18(25)15(23)14(20)11-13-8-6-5-7-9-13/h1,5-9,14-16,23H,10-12,20H2,2-3H3,(H,21,24)/t14-,15-,16+/m0/s1. The molecule has 2 rings (SSSR count). The van der Waals surface area contributed by atoms with Crippen molar-refractivity contribution in [3.63, 3.8) is 0 Å². The van der Waals surface area contributed by atoms with Crippen LogP contribution in [0.15, 0.2) is 30.3 Å². The highest BCUT2D eigenvalue weighted by Crippen LogP contribution is 2.39. The van der Waals surface area contributed by atoms with Crippen molar-refractivity contribution in [2.24, 2.45) is 5.73 Å². The molecule has 1 aromatic carbocycles. The minimum Gasteiger partial charge on any atom is -0.382 e. The molecule has 0 aliphatic carbocycles. The van der Waals surface area contributed by atoms with Gasteiger partial charge in [-0.25, -0.2) is 0 Å². The van der Waals surface area contributed by atoms with E-state index in [1.54, 1.807) is 0 Å². The highest BCUT2D eigenvalue weighted by molar-refractivity contribution is 8.00. The number of aliphatic hydroxyl groups is 1. The molecule has 1 aromatic rings. The molecule has 4 N–H and O–H groups in total. The van der Waals surface area contributed by atoms with Crippen LogP contribution in [0.3, 0.4) is 0 Å². The van der Waals surface area contributed by atoms with Crippen LogP contribution in [0, 0.1) is 12.3 Å². The van der Waals surface area contributed by atoms with E-state index < -0.39 is 28.8 Å². The highest BCUT2D eigenvalue weighted by atomic mass is 32.2. The Labute approximate surface area is 158 Å². The molecule has 1 fully saturated rings. The van der Waals surface area contributed by atoms with Crippen LogP contribution in [0.4, 0.5) is 0 Å². The maximum atomic E-state index is 12.8. The number of thioether (sulfide) groups is 1. The second-order valence-electron chi connectivity index (χ2n) is 6.81. The zero-order valence-electron chi connectivity index (χ0n) is 15.0. The second kappa shape index (κ2) is 8.58. The second-order valence-corrected chi connectivity index (χ2v) is 8.41. The fourth-order valence-corrected chi connectivity index (χ4v) is 4.14. The first-order chi connectivity index (χ1) is 12.3. The number of benzene rings is 1. The summed E-state index contributed by atoms with van der Waals surface area (Å²) >= 11 is 1.48. The van der Waals surface area contributed by atoms with Crippen LogP contribution in [0.25, 0.3) is 0 Å². The molecular formula is C19H25N3O3S. The van der Waals surface area contributed by atoms with Crippen molar-refractivity contribution in [3.8, 4) is 12.3 Å². The van der Waals surface area contributed by atoms with Gasteiger partial charge in [-0.1, -0.05) is 36.3 Å². The van der Waals surface area contributed by atoms with Crippen LogP contribution in [-0.4, -0.2) is 57.2 Å². The molecule has 0 unspecified atom stereocenters. The van der Waals surface area contributed by atoms with Crippen molar-refractivity contribution in [2.75, 3.05) is 12.4 Å². The number of nitrogens with one attached hydrogen (secondary N) is 1. The largest absolute Gasteiger partial charge is 0.382 e. The molecule has 26 heavy (non-hydrogen) atoms. The van der Waals surface area contributed by atoms with Crippen LogP contribution in [0.5, 0.6) is 0 Å². The lowest BCUT2D eigenvalue weighted by Gasteiger charge is -2.32. The summed E-state index contributed by atoms with van der Waals surface area (Å²) < 4.78 is -0.489. The lowest BCUT2D eigenvalue weighted by molar-refractivity contribution is -0.146. The van der Waals surface area contributed by atoms with Gasteiger partial charge < -0.3 is 21.1 Å². The van der Waals surface area contributed by atoms with Gasteiger partial charge in [0.25, 0.3) is 5.91 Å². The van der Waals surface area contributed by atoms with Crippen molar-refractivity contribution >= 4 is 23.6 Å². The van der Waals surface area contributed by atoms with Crippen LogP contribution in [-0.2, 0) is 16.0 Å². The fourth-order valence-electron chi connectivity index (χ4n) is 3.00. The number of terminal acetylenes is 1. The monoisotopic (exact) mass is 375 g/mol. The molecule has 6 nitrogen and oxygen atoms in total. The molecule has 1 aliphatic heterocycles. The van der Waals surface area contributed by atoms with Crippen molar-refractivity contribution in [1.82, 2.24) is 10.2 Å². The molecule has 0 spiro atoms. The van der Waals surface area contributed by atoms with Crippen molar-refractivity contribution in [2.45, 2.75) is 43.2 Å². The Morgan fingerprint density at radius 1 is 1.46 bits per heavy atom. The number of amides is 2. The van der Waals surface area contributed by atoms with Crippen LogP contribution >= 0.6 is 11.8 Å². The Morgan fingerprint density at radius 3 is 2.73 bits per heavy atom. The summed E-state index contributed by atoms with van der Waals surface area (Å²) in [6, 6.07) is 7.95. The predicted octanol–water partition coefficient (Wildman–Crippen LogP) is 0.347. The maximum Gasteiger partial charge on any atom is 0.254 e. The smallest absolute Gasteiger partial charge is 0.254 e. The van der Waals surface area contributed by atoms with E-state index in [1.807, 2.05) is 44.2 Å². The normalized spacial score (nSPS) is 20.9. The topological polar surface area (TPSA) is 95.7 Å². The van der Waals surface area contributed by atoms with Crippen molar-refractivity contribution < 1.29 is 14.7 Å². The molecule has 3 atom stereocenters.